The van der Waals surface area contributed by atoms with E-state index in [1.807, 2.05) is 25.1 Å². The maximum atomic E-state index is 13.2. The number of aromatic nitrogens is 5. The predicted octanol–water partition coefficient (Wildman–Crippen LogP) is 4.25. The van der Waals surface area contributed by atoms with Crippen LogP contribution in [0.5, 0.6) is 0 Å². The number of hydrogen-bond acceptors (Lipinski definition) is 8. The van der Waals surface area contributed by atoms with Gasteiger partial charge in [0.05, 0.1) is 29.1 Å². The van der Waals surface area contributed by atoms with Crippen LogP contribution in [-0.4, -0.2) is 44.1 Å². The van der Waals surface area contributed by atoms with Crippen molar-refractivity contribution in [2.24, 2.45) is 0 Å². The van der Waals surface area contributed by atoms with Crippen molar-refractivity contribution in [2.75, 3.05) is 23.7 Å². The SMILES string of the molecule is CC(Nc1ncc(C#N)c(-c2c[nH]c3ncc(C(F)(F)F)cc23)n1)c1ccc(N[C@@H]2CCNC2)nc1. The minimum Gasteiger partial charge on any atom is -0.366 e. The summed E-state index contributed by atoms with van der Waals surface area (Å²) in [5.74, 6) is 1.02. The number of nitrogens with one attached hydrogen (secondary N) is 4. The Morgan fingerprint density at radius 2 is 2.03 bits per heavy atom. The number of halogens is 3. The van der Waals surface area contributed by atoms with E-state index in [-0.39, 0.29) is 34.3 Å². The lowest BCUT2D eigenvalue weighted by Gasteiger charge is -2.16. The first-order valence-electron chi connectivity index (χ1n) is 11.3. The monoisotopic (exact) mass is 493 g/mol. The van der Waals surface area contributed by atoms with Crippen LogP contribution in [0.15, 0.2) is 43.0 Å². The fourth-order valence-corrected chi connectivity index (χ4v) is 4.10. The highest BCUT2D eigenvalue weighted by Gasteiger charge is 2.31. The molecule has 4 aromatic rings. The molecule has 0 amide bonds. The molecule has 0 spiro atoms. The number of alkyl halides is 3. The molecule has 0 saturated carbocycles. The van der Waals surface area contributed by atoms with Gasteiger partial charge >= 0.3 is 6.18 Å². The van der Waals surface area contributed by atoms with Crippen molar-refractivity contribution in [3.05, 3.63) is 59.7 Å². The first-order valence-corrected chi connectivity index (χ1v) is 11.3. The zero-order valence-corrected chi connectivity index (χ0v) is 19.2. The number of H-pyrrole nitrogens is 1. The van der Waals surface area contributed by atoms with Gasteiger partial charge in [-0.1, -0.05) is 6.07 Å². The van der Waals surface area contributed by atoms with E-state index >= 15 is 0 Å². The summed E-state index contributed by atoms with van der Waals surface area (Å²) in [7, 11) is 0. The number of nitrogens with zero attached hydrogens (tertiary/aromatic N) is 5. The third kappa shape index (κ3) is 4.78. The Bertz CT molecular complexity index is 1420. The first kappa shape index (κ1) is 23.5. The Morgan fingerprint density at radius 1 is 1.17 bits per heavy atom. The molecular weight excluding hydrogens is 471 g/mol. The molecule has 0 bridgehead atoms. The maximum absolute atomic E-state index is 13.2. The van der Waals surface area contributed by atoms with E-state index in [9.17, 15) is 18.4 Å². The van der Waals surface area contributed by atoms with Crippen LogP contribution in [0.1, 0.15) is 36.1 Å². The third-order valence-electron chi connectivity index (χ3n) is 6.07. The molecule has 4 aromatic heterocycles. The van der Waals surface area contributed by atoms with E-state index in [2.05, 4.69) is 40.9 Å². The molecule has 0 radical (unpaired) electrons. The molecule has 1 aliphatic rings. The lowest BCUT2D eigenvalue weighted by molar-refractivity contribution is -0.137. The number of nitriles is 1. The minimum absolute atomic E-state index is 0.130. The van der Waals surface area contributed by atoms with Gasteiger partial charge in [0.25, 0.3) is 0 Å². The first-order chi connectivity index (χ1) is 17.3. The Balaban J connectivity index is 1.40. The van der Waals surface area contributed by atoms with E-state index in [1.165, 1.54) is 12.4 Å². The number of fused-ring (bicyclic) bond motifs is 1. The average molecular weight is 493 g/mol. The van der Waals surface area contributed by atoms with Crippen LogP contribution in [0.2, 0.25) is 0 Å². The molecule has 5 heterocycles. The molecule has 5 rings (SSSR count). The highest BCUT2D eigenvalue weighted by atomic mass is 19.4. The summed E-state index contributed by atoms with van der Waals surface area (Å²) in [4.78, 5) is 19.9. The molecule has 36 heavy (non-hydrogen) atoms. The fourth-order valence-electron chi connectivity index (χ4n) is 4.10. The topological polar surface area (TPSA) is 127 Å². The fraction of sp³-hybridized carbons (Fsp3) is 0.292. The summed E-state index contributed by atoms with van der Waals surface area (Å²) in [6.07, 6.45) is 1.86. The molecule has 0 aliphatic carbocycles. The number of anilines is 2. The van der Waals surface area contributed by atoms with Gasteiger partial charge in [0.1, 0.15) is 17.5 Å². The number of hydrogen-bond donors (Lipinski definition) is 4. The maximum Gasteiger partial charge on any atom is 0.417 e. The predicted molar refractivity (Wildman–Crippen MR) is 128 cm³/mol. The van der Waals surface area contributed by atoms with Gasteiger partial charge in [-0.05, 0) is 37.6 Å². The zero-order valence-electron chi connectivity index (χ0n) is 19.2. The molecule has 0 aromatic carbocycles. The molecule has 2 atom stereocenters. The average Bonchev–Trinajstić information content (AvgIpc) is 3.53. The second-order valence-electron chi connectivity index (χ2n) is 8.56. The van der Waals surface area contributed by atoms with Gasteiger partial charge in [-0.3, -0.25) is 0 Å². The molecule has 1 unspecified atom stereocenters. The minimum atomic E-state index is -4.55. The molecule has 12 heteroatoms. The Morgan fingerprint density at radius 3 is 2.72 bits per heavy atom. The van der Waals surface area contributed by atoms with E-state index < -0.39 is 11.7 Å². The molecule has 184 valence electrons. The lowest BCUT2D eigenvalue weighted by Crippen LogP contribution is -2.22. The van der Waals surface area contributed by atoms with Crippen molar-refractivity contribution in [3.63, 3.8) is 0 Å². The van der Waals surface area contributed by atoms with Crippen molar-refractivity contribution in [1.29, 1.82) is 5.26 Å². The highest BCUT2D eigenvalue weighted by Crippen LogP contribution is 2.35. The molecule has 1 saturated heterocycles. The molecule has 1 aliphatic heterocycles. The summed E-state index contributed by atoms with van der Waals surface area (Å²) >= 11 is 0. The van der Waals surface area contributed by atoms with Crippen molar-refractivity contribution >= 4 is 22.8 Å². The third-order valence-corrected chi connectivity index (χ3v) is 6.07. The van der Waals surface area contributed by atoms with Crippen LogP contribution in [-0.2, 0) is 6.18 Å². The van der Waals surface area contributed by atoms with Crippen LogP contribution >= 0.6 is 0 Å². The van der Waals surface area contributed by atoms with Gasteiger partial charge in [-0.15, -0.1) is 0 Å². The Hall–Kier alpha value is -4.24. The Labute approximate surface area is 204 Å². The second-order valence-corrected chi connectivity index (χ2v) is 8.56. The normalized spacial score (nSPS) is 16.6. The van der Waals surface area contributed by atoms with Crippen LogP contribution in [0.3, 0.4) is 0 Å². The van der Waals surface area contributed by atoms with Crippen LogP contribution in [0.4, 0.5) is 24.9 Å². The number of pyridine rings is 2. The quantitative estimate of drug-likeness (QED) is 0.314. The van der Waals surface area contributed by atoms with E-state index in [0.717, 1.165) is 43.2 Å². The molecular formula is C24H22F3N9. The van der Waals surface area contributed by atoms with Gasteiger partial charge < -0.3 is 20.9 Å². The van der Waals surface area contributed by atoms with E-state index in [4.69, 9.17) is 0 Å². The largest absolute Gasteiger partial charge is 0.417 e. The molecule has 1 fully saturated rings. The van der Waals surface area contributed by atoms with Gasteiger partial charge in [0.2, 0.25) is 5.95 Å². The number of rotatable bonds is 6. The van der Waals surface area contributed by atoms with Gasteiger partial charge in [0.15, 0.2) is 0 Å². The summed E-state index contributed by atoms with van der Waals surface area (Å²) in [6, 6.07) is 7.00. The molecule has 9 nitrogen and oxygen atoms in total. The highest BCUT2D eigenvalue weighted by molar-refractivity contribution is 5.94. The van der Waals surface area contributed by atoms with Crippen LogP contribution in [0, 0.1) is 11.3 Å². The van der Waals surface area contributed by atoms with E-state index in [1.54, 1.807) is 6.20 Å². The summed E-state index contributed by atoms with van der Waals surface area (Å²) in [5.41, 5.74) is 0.937. The van der Waals surface area contributed by atoms with Crippen molar-refractivity contribution in [1.82, 2.24) is 30.2 Å². The van der Waals surface area contributed by atoms with Crippen LogP contribution in [0.25, 0.3) is 22.3 Å². The molecule has 4 N–H and O–H groups in total. The lowest BCUT2D eigenvalue weighted by atomic mass is 10.1. The standard InChI is InChI=1S/C24H22F3N9/c1-13(14-2-3-20(30-8-14)35-17-4-5-29-11-17)34-23-33-9-15(7-28)21(36-23)19-12-32-22-18(19)6-16(10-31-22)24(25,26)27/h2-3,6,8-10,12-13,17,29H,4-5,11H2,1H3,(H,30,35)(H,31,32)(H,33,34,36)/t13?,17-/m1/s1. The zero-order chi connectivity index (χ0) is 25.3. The van der Waals surface area contributed by atoms with E-state index in [0.29, 0.717) is 11.6 Å². The Kier molecular flexibility index (Phi) is 6.15. The van der Waals surface area contributed by atoms with Crippen molar-refractivity contribution in [3.8, 4) is 17.3 Å². The smallest absolute Gasteiger partial charge is 0.366 e. The van der Waals surface area contributed by atoms with Gasteiger partial charge in [-0.25, -0.2) is 19.9 Å². The van der Waals surface area contributed by atoms with Gasteiger partial charge in [-0.2, -0.15) is 18.4 Å². The second kappa shape index (κ2) is 9.43. The number of aromatic amines is 1. The van der Waals surface area contributed by atoms with Gasteiger partial charge in [0, 0.05) is 42.1 Å². The van der Waals surface area contributed by atoms with Crippen molar-refractivity contribution < 1.29 is 13.2 Å². The summed E-state index contributed by atoms with van der Waals surface area (Å²) in [6.45, 7) is 3.81. The summed E-state index contributed by atoms with van der Waals surface area (Å²) in [5, 5.41) is 19.7. The van der Waals surface area contributed by atoms with Crippen molar-refractivity contribution in [2.45, 2.75) is 31.6 Å². The van der Waals surface area contributed by atoms with Crippen LogP contribution < -0.4 is 16.0 Å². The summed E-state index contributed by atoms with van der Waals surface area (Å²) < 4.78 is 39.7.